The molecule has 0 bridgehead atoms. The van der Waals surface area contributed by atoms with E-state index in [0.29, 0.717) is 12.8 Å². The maximum atomic E-state index is 13.8. The van der Waals surface area contributed by atoms with Gasteiger partial charge in [-0.3, -0.25) is 19.5 Å². The molecule has 202 valence electrons. The Balaban J connectivity index is 1.43. The molecule has 8 heteroatoms. The summed E-state index contributed by atoms with van der Waals surface area (Å²) < 4.78 is 6.15. The number of aliphatic imine (C=N–C) groups is 1. The van der Waals surface area contributed by atoms with Gasteiger partial charge in [-0.1, -0.05) is 45.0 Å². The van der Waals surface area contributed by atoms with E-state index in [2.05, 4.69) is 17.2 Å². The predicted molar refractivity (Wildman–Crippen MR) is 146 cm³/mol. The molecule has 1 aliphatic carbocycles. The number of nitrogens with two attached hydrogens (primary N) is 1. The SMILES string of the molecule is CCC1(CC)CC(=O)N([C@H](c2cccnc2)C2C(C)C2C(=O)N[C@H]2CC(C)(C)Oc3ccccc32)C(N)=N1. The molecule has 1 aromatic heterocycles. The lowest BCUT2D eigenvalue weighted by molar-refractivity contribution is -0.132. The summed E-state index contributed by atoms with van der Waals surface area (Å²) in [6.45, 7) is 10.2. The molecule has 3 unspecified atom stereocenters. The number of nitrogens with one attached hydrogen (secondary N) is 1. The number of para-hydroxylation sites is 1. The number of guanidine groups is 1. The summed E-state index contributed by atoms with van der Waals surface area (Å²) in [7, 11) is 0. The van der Waals surface area contributed by atoms with Crippen molar-refractivity contribution >= 4 is 17.8 Å². The van der Waals surface area contributed by atoms with Crippen LogP contribution in [-0.2, 0) is 9.59 Å². The largest absolute Gasteiger partial charge is 0.487 e. The van der Waals surface area contributed by atoms with Crippen molar-refractivity contribution in [2.75, 3.05) is 0 Å². The van der Waals surface area contributed by atoms with Crippen molar-refractivity contribution < 1.29 is 14.3 Å². The third-order valence-corrected chi connectivity index (χ3v) is 8.78. The lowest BCUT2D eigenvalue weighted by Crippen LogP contribution is -2.53. The van der Waals surface area contributed by atoms with E-state index in [9.17, 15) is 9.59 Å². The van der Waals surface area contributed by atoms with Crippen LogP contribution in [0.3, 0.4) is 0 Å². The van der Waals surface area contributed by atoms with Crippen LogP contribution >= 0.6 is 0 Å². The molecule has 3 heterocycles. The smallest absolute Gasteiger partial charge is 0.232 e. The van der Waals surface area contributed by atoms with Gasteiger partial charge in [0.1, 0.15) is 11.4 Å². The van der Waals surface area contributed by atoms with Gasteiger partial charge in [-0.05, 0) is 56.2 Å². The molecule has 2 amide bonds. The van der Waals surface area contributed by atoms with Gasteiger partial charge in [0, 0.05) is 30.3 Å². The Morgan fingerprint density at radius 1 is 1.21 bits per heavy atom. The van der Waals surface area contributed by atoms with Gasteiger partial charge in [0.05, 0.1) is 24.0 Å². The highest BCUT2D eigenvalue weighted by atomic mass is 16.5. The second-order valence-electron chi connectivity index (χ2n) is 11.7. The van der Waals surface area contributed by atoms with E-state index in [4.69, 9.17) is 15.5 Å². The van der Waals surface area contributed by atoms with Crippen molar-refractivity contribution in [1.29, 1.82) is 0 Å². The quantitative estimate of drug-likeness (QED) is 0.561. The molecule has 5 rings (SSSR count). The monoisotopic (exact) mass is 517 g/mol. The maximum absolute atomic E-state index is 13.8. The Bertz CT molecular complexity index is 1240. The highest BCUT2D eigenvalue weighted by molar-refractivity contribution is 6.00. The van der Waals surface area contributed by atoms with Gasteiger partial charge in [0.2, 0.25) is 11.8 Å². The minimum Gasteiger partial charge on any atom is -0.487 e. The molecule has 2 aliphatic heterocycles. The number of pyridine rings is 1. The fourth-order valence-corrected chi connectivity index (χ4v) is 6.47. The van der Waals surface area contributed by atoms with Gasteiger partial charge < -0.3 is 15.8 Å². The number of nitrogens with zero attached hydrogens (tertiary/aromatic N) is 3. The zero-order valence-electron chi connectivity index (χ0n) is 23.0. The minimum absolute atomic E-state index is 0.00896. The molecular formula is C30H39N5O3. The van der Waals surface area contributed by atoms with Crippen LogP contribution in [0, 0.1) is 17.8 Å². The van der Waals surface area contributed by atoms with Crippen LogP contribution in [0.2, 0.25) is 0 Å². The van der Waals surface area contributed by atoms with Crippen LogP contribution in [0.15, 0.2) is 53.8 Å². The number of carbonyl (C=O) groups is 2. The molecule has 0 spiro atoms. The number of carbonyl (C=O) groups excluding carboxylic acids is 2. The average Bonchev–Trinajstić information content (AvgIpc) is 3.55. The molecular weight excluding hydrogens is 478 g/mol. The maximum Gasteiger partial charge on any atom is 0.232 e. The molecule has 1 saturated carbocycles. The zero-order valence-corrected chi connectivity index (χ0v) is 23.0. The van der Waals surface area contributed by atoms with E-state index in [1.54, 1.807) is 17.3 Å². The van der Waals surface area contributed by atoms with Gasteiger partial charge in [-0.2, -0.15) is 0 Å². The number of aromatic nitrogens is 1. The van der Waals surface area contributed by atoms with Crippen molar-refractivity contribution in [2.24, 2.45) is 28.5 Å². The first kappa shape index (κ1) is 26.2. The van der Waals surface area contributed by atoms with E-state index >= 15 is 0 Å². The highest BCUT2D eigenvalue weighted by Gasteiger charge is 2.59. The molecule has 2 aromatic rings. The third-order valence-electron chi connectivity index (χ3n) is 8.78. The van der Waals surface area contributed by atoms with Crippen LogP contribution in [0.5, 0.6) is 5.75 Å². The zero-order chi connectivity index (χ0) is 27.2. The molecule has 1 aromatic carbocycles. The molecule has 0 radical (unpaired) electrons. The summed E-state index contributed by atoms with van der Waals surface area (Å²) in [5, 5.41) is 3.32. The first-order chi connectivity index (χ1) is 18.1. The first-order valence-electron chi connectivity index (χ1n) is 13.8. The van der Waals surface area contributed by atoms with E-state index < -0.39 is 17.2 Å². The Hall–Kier alpha value is -3.42. The number of hydrogen-bond donors (Lipinski definition) is 2. The Morgan fingerprint density at radius 3 is 2.61 bits per heavy atom. The molecule has 0 saturated heterocycles. The first-order valence-corrected chi connectivity index (χ1v) is 13.8. The van der Waals surface area contributed by atoms with E-state index in [1.807, 2.05) is 64.1 Å². The average molecular weight is 518 g/mol. The van der Waals surface area contributed by atoms with Crippen molar-refractivity contribution in [2.45, 2.75) is 83.5 Å². The number of ether oxygens (including phenoxy) is 1. The molecule has 3 aliphatic rings. The van der Waals surface area contributed by atoms with Crippen LogP contribution in [-0.4, -0.2) is 38.8 Å². The Kier molecular flexibility index (Phi) is 6.70. The van der Waals surface area contributed by atoms with Gasteiger partial charge in [-0.25, -0.2) is 4.99 Å². The Labute approximate surface area is 225 Å². The number of rotatable bonds is 7. The van der Waals surface area contributed by atoms with Crippen LogP contribution in [0.25, 0.3) is 0 Å². The summed E-state index contributed by atoms with van der Waals surface area (Å²) in [6.07, 6.45) is 5.95. The number of amides is 2. The van der Waals surface area contributed by atoms with Crippen molar-refractivity contribution in [3.8, 4) is 5.75 Å². The molecule has 38 heavy (non-hydrogen) atoms. The number of fused-ring (bicyclic) bond motifs is 1. The molecule has 3 N–H and O–H groups in total. The fraction of sp³-hybridized carbons (Fsp3) is 0.533. The van der Waals surface area contributed by atoms with Gasteiger partial charge in [0.25, 0.3) is 0 Å². The van der Waals surface area contributed by atoms with Crippen molar-refractivity contribution in [3.05, 3.63) is 59.9 Å². The lowest BCUT2D eigenvalue weighted by Gasteiger charge is -2.40. The van der Waals surface area contributed by atoms with Gasteiger partial charge in [-0.15, -0.1) is 0 Å². The second-order valence-corrected chi connectivity index (χ2v) is 11.7. The molecule has 5 atom stereocenters. The summed E-state index contributed by atoms with van der Waals surface area (Å²) >= 11 is 0. The number of hydrogen-bond acceptors (Lipinski definition) is 6. The fourth-order valence-electron chi connectivity index (χ4n) is 6.47. The molecule has 8 nitrogen and oxygen atoms in total. The minimum atomic E-state index is -0.466. The van der Waals surface area contributed by atoms with E-state index in [-0.39, 0.29) is 41.6 Å². The predicted octanol–water partition coefficient (Wildman–Crippen LogP) is 4.53. The van der Waals surface area contributed by atoms with Crippen molar-refractivity contribution in [3.63, 3.8) is 0 Å². The third kappa shape index (κ3) is 4.65. The van der Waals surface area contributed by atoms with E-state index in [0.717, 1.165) is 29.7 Å². The number of benzene rings is 1. The van der Waals surface area contributed by atoms with Crippen LogP contribution in [0.1, 0.15) is 83.5 Å². The van der Waals surface area contributed by atoms with Gasteiger partial charge >= 0.3 is 0 Å². The van der Waals surface area contributed by atoms with E-state index in [1.165, 1.54) is 0 Å². The molecule has 1 fully saturated rings. The normalized spacial score (nSPS) is 28.0. The van der Waals surface area contributed by atoms with Gasteiger partial charge in [0.15, 0.2) is 5.96 Å². The standard InChI is InChI=1S/C30H39N5O3/c1-6-30(7-2)16-23(36)35(28(31)34-30)26(19-11-10-14-32-17-19)24-18(3)25(24)27(37)33-21-15-29(4,5)38-22-13-9-8-12-20(21)22/h8-14,17-18,21,24-26H,6-7,15-16H2,1-5H3,(H2,31,34)(H,33,37)/t18?,21-,24?,25?,26+/m0/s1. The summed E-state index contributed by atoms with van der Waals surface area (Å²) in [6, 6.07) is 11.1. The lowest BCUT2D eigenvalue weighted by atomic mass is 9.87. The van der Waals surface area contributed by atoms with Crippen LogP contribution in [0.4, 0.5) is 0 Å². The van der Waals surface area contributed by atoms with Crippen LogP contribution < -0.4 is 15.8 Å². The topological polar surface area (TPSA) is 110 Å². The summed E-state index contributed by atoms with van der Waals surface area (Å²) in [4.78, 5) is 38.2. The highest BCUT2D eigenvalue weighted by Crippen LogP contribution is 2.56. The summed E-state index contributed by atoms with van der Waals surface area (Å²) in [5.74, 6) is 0.684. The second kappa shape index (κ2) is 9.71. The van der Waals surface area contributed by atoms with Crippen molar-refractivity contribution in [1.82, 2.24) is 15.2 Å². The summed E-state index contributed by atoms with van der Waals surface area (Å²) in [5.41, 5.74) is 7.52. The Morgan fingerprint density at radius 2 is 1.95 bits per heavy atom.